The van der Waals surface area contributed by atoms with Crippen LogP contribution >= 0.6 is 0 Å². The molecule has 3 rings (SSSR count). The fourth-order valence-electron chi connectivity index (χ4n) is 4.53. The SMILES string of the molecule is CCNC(=NCC(O)c1ccc(OC)c(OC)c1)NC1CCN(CC2CCCC2)C1. The lowest BCUT2D eigenvalue weighted by molar-refractivity contribution is 0.186. The van der Waals surface area contributed by atoms with Crippen LogP contribution in [-0.2, 0) is 0 Å². The van der Waals surface area contributed by atoms with Gasteiger partial charge in [0.15, 0.2) is 17.5 Å². The predicted molar refractivity (Wildman–Crippen MR) is 120 cm³/mol. The van der Waals surface area contributed by atoms with Gasteiger partial charge >= 0.3 is 0 Å². The van der Waals surface area contributed by atoms with Crippen LogP contribution in [0.3, 0.4) is 0 Å². The number of aliphatic imine (C=N–C) groups is 1. The summed E-state index contributed by atoms with van der Waals surface area (Å²) < 4.78 is 10.6. The molecule has 1 aliphatic heterocycles. The molecule has 7 nitrogen and oxygen atoms in total. The van der Waals surface area contributed by atoms with Gasteiger partial charge in [-0.3, -0.25) is 4.99 Å². The molecular formula is C23H38N4O3. The number of likely N-dealkylation sites (tertiary alicyclic amines) is 1. The molecule has 0 bridgehead atoms. The van der Waals surface area contributed by atoms with Crippen molar-refractivity contribution in [1.29, 1.82) is 0 Å². The third-order valence-electron chi connectivity index (χ3n) is 6.16. The first kappa shape index (κ1) is 22.7. The highest BCUT2D eigenvalue weighted by Crippen LogP contribution is 2.30. The molecule has 0 aromatic heterocycles. The standard InChI is InChI=1S/C23H38N4O3/c1-4-24-23(26-19-11-12-27(16-19)15-17-7-5-6-8-17)25-14-20(28)18-9-10-21(29-2)22(13-18)30-3/h9-10,13,17,19-20,28H,4-8,11-12,14-16H2,1-3H3,(H2,24,25,26). The topological polar surface area (TPSA) is 78.4 Å². The van der Waals surface area contributed by atoms with Gasteiger partial charge in [0.2, 0.25) is 0 Å². The molecule has 1 aromatic rings. The Morgan fingerprint density at radius 2 is 1.97 bits per heavy atom. The van der Waals surface area contributed by atoms with Crippen molar-refractivity contribution in [2.75, 3.05) is 46.9 Å². The third kappa shape index (κ3) is 6.25. The van der Waals surface area contributed by atoms with E-state index in [2.05, 4.69) is 27.4 Å². The Morgan fingerprint density at radius 1 is 1.20 bits per heavy atom. The predicted octanol–water partition coefficient (Wildman–Crippen LogP) is 2.56. The highest BCUT2D eigenvalue weighted by atomic mass is 16.5. The van der Waals surface area contributed by atoms with Crippen LogP contribution in [0.2, 0.25) is 0 Å². The molecule has 0 amide bonds. The normalized spacial score (nSPS) is 21.6. The summed E-state index contributed by atoms with van der Waals surface area (Å²) in [5.41, 5.74) is 0.760. The van der Waals surface area contributed by atoms with E-state index in [0.717, 1.165) is 43.5 Å². The van der Waals surface area contributed by atoms with Gasteiger partial charge < -0.3 is 30.1 Å². The average Bonchev–Trinajstić information content (AvgIpc) is 3.43. The molecule has 3 N–H and O–H groups in total. The molecule has 0 spiro atoms. The number of ether oxygens (including phenoxy) is 2. The number of rotatable bonds is 9. The molecule has 1 saturated carbocycles. The van der Waals surface area contributed by atoms with Gasteiger partial charge in [-0.1, -0.05) is 18.9 Å². The number of aliphatic hydroxyl groups excluding tert-OH is 1. The Labute approximate surface area is 180 Å². The third-order valence-corrected chi connectivity index (χ3v) is 6.16. The zero-order chi connectivity index (χ0) is 21.3. The molecule has 1 aromatic carbocycles. The highest BCUT2D eigenvalue weighted by Gasteiger charge is 2.26. The van der Waals surface area contributed by atoms with Gasteiger partial charge in [0.1, 0.15) is 0 Å². The van der Waals surface area contributed by atoms with Crippen molar-refractivity contribution < 1.29 is 14.6 Å². The van der Waals surface area contributed by atoms with Crippen molar-refractivity contribution in [3.63, 3.8) is 0 Å². The molecule has 2 aliphatic rings. The quantitative estimate of drug-likeness (QED) is 0.423. The number of benzene rings is 1. The Morgan fingerprint density at radius 3 is 2.67 bits per heavy atom. The number of methoxy groups -OCH3 is 2. The molecule has 1 aliphatic carbocycles. The van der Waals surface area contributed by atoms with Gasteiger partial charge in [-0.05, 0) is 49.8 Å². The Kier molecular flexibility index (Phi) is 8.63. The van der Waals surface area contributed by atoms with Gasteiger partial charge in [0.05, 0.1) is 26.9 Å². The van der Waals surface area contributed by atoms with Crippen molar-refractivity contribution in [1.82, 2.24) is 15.5 Å². The second kappa shape index (κ2) is 11.4. The fourth-order valence-corrected chi connectivity index (χ4v) is 4.53. The molecule has 7 heteroatoms. The van der Waals surface area contributed by atoms with Crippen LogP contribution in [0.15, 0.2) is 23.2 Å². The summed E-state index contributed by atoms with van der Waals surface area (Å²) in [7, 11) is 3.20. The number of nitrogens with one attached hydrogen (secondary N) is 2. The largest absolute Gasteiger partial charge is 0.493 e. The van der Waals surface area contributed by atoms with E-state index in [1.165, 1.54) is 32.2 Å². The smallest absolute Gasteiger partial charge is 0.191 e. The zero-order valence-electron chi connectivity index (χ0n) is 18.7. The van der Waals surface area contributed by atoms with Crippen molar-refractivity contribution in [2.45, 2.75) is 51.2 Å². The molecule has 2 unspecified atom stereocenters. The molecule has 1 saturated heterocycles. The number of hydrogen-bond acceptors (Lipinski definition) is 5. The first-order valence-electron chi connectivity index (χ1n) is 11.3. The van der Waals surface area contributed by atoms with Gasteiger partial charge in [-0.2, -0.15) is 0 Å². The van der Waals surface area contributed by atoms with Gasteiger partial charge in [0, 0.05) is 32.2 Å². The minimum absolute atomic E-state index is 0.281. The second-order valence-corrected chi connectivity index (χ2v) is 8.39. The lowest BCUT2D eigenvalue weighted by Gasteiger charge is -2.21. The first-order chi connectivity index (χ1) is 14.6. The Hall–Kier alpha value is -1.99. The van der Waals surface area contributed by atoms with Gasteiger partial charge in [0.25, 0.3) is 0 Å². The summed E-state index contributed by atoms with van der Waals surface area (Å²) in [6, 6.07) is 5.86. The van der Waals surface area contributed by atoms with Gasteiger partial charge in [-0.15, -0.1) is 0 Å². The van der Waals surface area contributed by atoms with Crippen LogP contribution in [0.1, 0.15) is 50.7 Å². The van der Waals surface area contributed by atoms with Crippen LogP contribution < -0.4 is 20.1 Å². The summed E-state index contributed by atoms with van der Waals surface area (Å²) in [6.07, 6.45) is 6.02. The Balaban J connectivity index is 1.53. The van der Waals surface area contributed by atoms with Crippen LogP contribution in [-0.4, -0.2) is 69.0 Å². The number of aliphatic hydroxyl groups is 1. The Bertz CT molecular complexity index is 691. The van der Waals surface area contributed by atoms with Crippen LogP contribution in [0.25, 0.3) is 0 Å². The van der Waals surface area contributed by atoms with E-state index in [1.54, 1.807) is 20.3 Å². The van der Waals surface area contributed by atoms with Crippen LogP contribution in [0.4, 0.5) is 0 Å². The monoisotopic (exact) mass is 418 g/mol. The average molecular weight is 419 g/mol. The summed E-state index contributed by atoms with van der Waals surface area (Å²) in [5.74, 6) is 2.92. The van der Waals surface area contributed by atoms with E-state index < -0.39 is 6.10 Å². The molecule has 168 valence electrons. The van der Waals surface area contributed by atoms with Crippen LogP contribution in [0.5, 0.6) is 11.5 Å². The number of nitrogens with zero attached hydrogens (tertiary/aromatic N) is 2. The van der Waals surface area contributed by atoms with E-state index in [9.17, 15) is 5.11 Å². The van der Waals surface area contributed by atoms with Gasteiger partial charge in [-0.25, -0.2) is 0 Å². The number of guanidine groups is 1. The molecular weight excluding hydrogens is 380 g/mol. The van der Waals surface area contributed by atoms with E-state index in [0.29, 0.717) is 17.5 Å². The van der Waals surface area contributed by atoms with E-state index >= 15 is 0 Å². The summed E-state index contributed by atoms with van der Waals surface area (Å²) in [4.78, 5) is 7.23. The summed E-state index contributed by atoms with van der Waals surface area (Å²) in [5, 5.41) is 17.5. The molecule has 2 atom stereocenters. The van der Waals surface area contributed by atoms with Crippen LogP contribution in [0, 0.1) is 5.92 Å². The maximum atomic E-state index is 10.6. The number of hydrogen-bond donors (Lipinski definition) is 3. The van der Waals surface area contributed by atoms with E-state index in [1.807, 2.05) is 12.1 Å². The highest BCUT2D eigenvalue weighted by molar-refractivity contribution is 5.80. The molecule has 0 radical (unpaired) electrons. The second-order valence-electron chi connectivity index (χ2n) is 8.39. The zero-order valence-corrected chi connectivity index (χ0v) is 18.7. The summed E-state index contributed by atoms with van der Waals surface area (Å²) in [6.45, 7) is 6.59. The van der Waals surface area contributed by atoms with E-state index in [4.69, 9.17) is 9.47 Å². The first-order valence-corrected chi connectivity index (χ1v) is 11.3. The fraction of sp³-hybridized carbons (Fsp3) is 0.696. The van der Waals surface area contributed by atoms with Crippen molar-refractivity contribution in [3.8, 4) is 11.5 Å². The molecule has 1 heterocycles. The minimum Gasteiger partial charge on any atom is -0.493 e. The molecule has 2 fully saturated rings. The lowest BCUT2D eigenvalue weighted by Crippen LogP contribution is -2.45. The maximum Gasteiger partial charge on any atom is 0.191 e. The van der Waals surface area contributed by atoms with E-state index in [-0.39, 0.29) is 6.54 Å². The van der Waals surface area contributed by atoms with Crippen molar-refractivity contribution in [2.24, 2.45) is 10.9 Å². The van der Waals surface area contributed by atoms with Crippen molar-refractivity contribution >= 4 is 5.96 Å². The lowest BCUT2D eigenvalue weighted by atomic mass is 10.1. The van der Waals surface area contributed by atoms with Crippen molar-refractivity contribution in [3.05, 3.63) is 23.8 Å². The minimum atomic E-state index is -0.706. The summed E-state index contributed by atoms with van der Waals surface area (Å²) >= 11 is 0. The maximum absolute atomic E-state index is 10.6. The molecule has 30 heavy (non-hydrogen) atoms.